The molecule has 0 aliphatic carbocycles. The van der Waals surface area contributed by atoms with Gasteiger partial charge >= 0.3 is 12.1 Å². The highest BCUT2D eigenvalue weighted by Gasteiger charge is 2.34. The van der Waals surface area contributed by atoms with E-state index in [0.29, 0.717) is 26.1 Å². The Labute approximate surface area is 135 Å². The average molecular weight is 316 g/mol. The first-order chi connectivity index (χ1) is 11.1. The van der Waals surface area contributed by atoms with E-state index >= 15 is 0 Å². The number of nitrogens with one attached hydrogen (secondary N) is 1. The van der Waals surface area contributed by atoms with Crippen LogP contribution in [-0.2, 0) is 27.4 Å². The number of fused-ring (bicyclic) bond motifs is 1. The molecule has 23 heavy (non-hydrogen) atoms. The van der Waals surface area contributed by atoms with E-state index in [9.17, 15) is 9.59 Å². The number of carbonyl (C=O) groups is 2. The van der Waals surface area contributed by atoms with Crippen LogP contribution in [0, 0.1) is 0 Å². The van der Waals surface area contributed by atoms with Gasteiger partial charge in [-0.25, -0.2) is 4.79 Å². The van der Waals surface area contributed by atoms with Gasteiger partial charge in [0.1, 0.15) is 12.1 Å². The number of rotatable bonds is 3. The third-order valence-electron chi connectivity index (χ3n) is 4.34. The molecule has 0 bridgehead atoms. The fraction of sp³-hybridized carbons (Fsp3) is 0.412. The van der Waals surface area contributed by atoms with Crippen LogP contribution in [0.25, 0.3) is 6.08 Å². The molecule has 1 aromatic carbocycles. The molecule has 1 amide bonds. The van der Waals surface area contributed by atoms with E-state index < -0.39 is 6.04 Å². The number of ether oxygens (including phenoxy) is 2. The zero-order valence-corrected chi connectivity index (χ0v) is 13.1. The van der Waals surface area contributed by atoms with Gasteiger partial charge in [0, 0.05) is 19.5 Å². The standard InChI is InChI=1S/C17H20N2O4/c1-3-11-5-4-6-12-9-19(10-14(11)12)17(21)23-13-7-15(18-8-13)16(20)22-2/h3-6,13,15,18H,1,7-10H2,2H3/t13?,15-/m0/s1. The molecule has 0 radical (unpaired) electrons. The van der Waals surface area contributed by atoms with Gasteiger partial charge in [-0.05, 0) is 16.7 Å². The Kier molecular flexibility index (Phi) is 4.34. The summed E-state index contributed by atoms with van der Waals surface area (Å²) in [4.78, 5) is 25.5. The van der Waals surface area contributed by atoms with Crippen LogP contribution >= 0.6 is 0 Å². The van der Waals surface area contributed by atoms with Crippen molar-refractivity contribution in [3.05, 3.63) is 41.5 Å². The molecule has 2 aliphatic rings. The highest BCUT2D eigenvalue weighted by Crippen LogP contribution is 2.27. The summed E-state index contributed by atoms with van der Waals surface area (Å²) >= 11 is 0. The van der Waals surface area contributed by atoms with Crippen molar-refractivity contribution in [2.75, 3.05) is 13.7 Å². The van der Waals surface area contributed by atoms with Gasteiger partial charge in [-0.3, -0.25) is 9.69 Å². The van der Waals surface area contributed by atoms with E-state index in [4.69, 9.17) is 9.47 Å². The number of hydrogen-bond donors (Lipinski definition) is 1. The van der Waals surface area contributed by atoms with Crippen molar-refractivity contribution >= 4 is 18.1 Å². The molecule has 1 aromatic rings. The van der Waals surface area contributed by atoms with Crippen molar-refractivity contribution < 1.29 is 19.1 Å². The first-order valence-electron chi connectivity index (χ1n) is 7.62. The molecule has 1 unspecified atom stereocenters. The lowest BCUT2D eigenvalue weighted by Crippen LogP contribution is -2.31. The van der Waals surface area contributed by atoms with Crippen LogP contribution in [0.1, 0.15) is 23.1 Å². The van der Waals surface area contributed by atoms with E-state index in [1.807, 2.05) is 18.2 Å². The Bertz CT molecular complexity index is 643. The minimum Gasteiger partial charge on any atom is -0.468 e. The van der Waals surface area contributed by atoms with Crippen molar-refractivity contribution in [1.29, 1.82) is 0 Å². The van der Waals surface area contributed by atoms with Crippen LogP contribution < -0.4 is 5.32 Å². The third kappa shape index (κ3) is 3.07. The van der Waals surface area contributed by atoms with Crippen molar-refractivity contribution in [3.8, 4) is 0 Å². The summed E-state index contributed by atoms with van der Waals surface area (Å²) in [5.74, 6) is -0.326. The fourth-order valence-corrected chi connectivity index (χ4v) is 3.10. The molecule has 0 saturated carbocycles. The quantitative estimate of drug-likeness (QED) is 0.860. The molecule has 2 heterocycles. The SMILES string of the molecule is C=Cc1cccc2c1CN(C(=O)OC1CN[C@H](C(=O)OC)C1)C2. The molecule has 1 N–H and O–H groups in total. The van der Waals surface area contributed by atoms with Crippen molar-refractivity contribution in [2.24, 2.45) is 0 Å². The maximum absolute atomic E-state index is 12.3. The lowest BCUT2D eigenvalue weighted by molar-refractivity contribution is -0.142. The molecule has 6 nitrogen and oxygen atoms in total. The summed E-state index contributed by atoms with van der Waals surface area (Å²) < 4.78 is 10.2. The number of benzene rings is 1. The summed E-state index contributed by atoms with van der Waals surface area (Å²) in [5, 5.41) is 3.01. The number of methoxy groups -OCH3 is 1. The predicted molar refractivity (Wildman–Crippen MR) is 84.5 cm³/mol. The molecule has 1 saturated heterocycles. The second kappa shape index (κ2) is 6.42. The lowest BCUT2D eigenvalue weighted by Gasteiger charge is -2.18. The van der Waals surface area contributed by atoms with Gasteiger partial charge in [-0.1, -0.05) is 30.9 Å². The van der Waals surface area contributed by atoms with Crippen LogP contribution in [0.15, 0.2) is 24.8 Å². The van der Waals surface area contributed by atoms with Crippen LogP contribution in [0.3, 0.4) is 0 Å². The van der Waals surface area contributed by atoms with Gasteiger partial charge in [0.05, 0.1) is 13.7 Å². The third-order valence-corrected chi connectivity index (χ3v) is 4.34. The van der Waals surface area contributed by atoms with Crippen LogP contribution in [0.4, 0.5) is 4.79 Å². The van der Waals surface area contributed by atoms with Gasteiger partial charge in [0.25, 0.3) is 0 Å². The maximum atomic E-state index is 12.3. The van der Waals surface area contributed by atoms with E-state index in [1.54, 1.807) is 11.0 Å². The number of esters is 1. The Morgan fingerprint density at radius 2 is 2.22 bits per heavy atom. The molecule has 6 heteroatoms. The highest BCUT2D eigenvalue weighted by molar-refractivity contribution is 5.76. The average Bonchev–Trinajstić information content (AvgIpc) is 3.20. The van der Waals surface area contributed by atoms with Gasteiger partial charge in [-0.2, -0.15) is 0 Å². The minimum atomic E-state index is -0.402. The second-order valence-corrected chi connectivity index (χ2v) is 5.77. The maximum Gasteiger partial charge on any atom is 0.410 e. The molecule has 122 valence electrons. The molecular weight excluding hydrogens is 296 g/mol. The Hall–Kier alpha value is -2.34. The van der Waals surface area contributed by atoms with Crippen molar-refractivity contribution in [1.82, 2.24) is 10.2 Å². The van der Waals surface area contributed by atoms with Crippen LogP contribution in [0.2, 0.25) is 0 Å². The van der Waals surface area contributed by atoms with Crippen LogP contribution in [-0.4, -0.2) is 42.8 Å². The monoisotopic (exact) mass is 316 g/mol. The Balaban J connectivity index is 1.59. The van der Waals surface area contributed by atoms with E-state index in [0.717, 1.165) is 16.7 Å². The summed E-state index contributed by atoms with van der Waals surface area (Å²) in [6, 6.07) is 5.57. The van der Waals surface area contributed by atoms with Crippen LogP contribution in [0.5, 0.6) is 0 Å². The number of hydrogen-bond acceptors (Lipinski definition) is 5. The van der Waals surface area contributed by atoms with E-state index in [1.165, 1.54) is 7.11 Å². The minimum absolute atomic E-state index is 0.311. The smallest absolute Gasteiger partial charge is 0.410 e. The normalized spacial score (nSPS) is 22.6. The molecule has 0 spiro atoms. The number of amides is 1. The topological polar surface area (TPSA) is 67.9 Å². The first kappa shape index (κ1) is 15.6. The van der Waals surface area contributed by atoms with Gasteiger partial charge in [0.15, 0.2) is 0 Å². The summed E-state index contributed by atoms with van der Waals surface area (Å²) in [6.45, 7) is 5.33. The summed E-state index contributed by atoms with van der Waals surface area (Å²) in [7, 11) is 1.35. The number of carbonyl (C=O) groups excluding carboxylic acids is 2. The summed E-state index contributed by atoms with van der Waals surface area (Å²) in [5.41, 5.74) is 3.29. The zero-order chi connectivity index (χ0) is 16.4. The largest absolute Gasteiger partial charge is 0.468 e. The first-order valence-corrected chi connectivity index (χ1v) is 7.62. The Morgan fingerprint density at radius 3 is 2.96 bits per heavy atom. The van der Waals surface area contributed by atoms with Crippen molar-refractivity contribution in [2.45, 2.75) is 31.7 Å². The van der Waals surface area contributed by atoms with Gasteiger partial charge in [0.2, 0.25) is 0 Å². The fourth-order valence-electron chi connectivity index (χ4n) is 3.10. The van der Waals surface area contributed by atoms with E-state index in [-0.39, 0.29) is 18.2 Å². The van der Waals surface area contributed by atoms with Gasteiger partial charge in [-0.15, -0.1) is 0 Å². The lowest BCUT2D eigenvalue weighted by atomic mass is 10.0. The predicted octanol–water partition coefficient (Wildman–Crippen LogP) is 1.69. The second-order valence-electron chi connectivity index (χ2n) is 5.77. The molecular formula is C17H20N2O4. The molecule has 1 fully saturated rings. The zero-order valence-electron chi connectivity index (χ0n) is 13.1. The van der Waals surface area contributed by atoms with E-state index in [2.05, 4.69) is 11.9 Å². The summed E-state index contributed by atoms with van der Waals surface area (Å²) in [6.07, 6.45) is 1.58. The Morgan fingerprint density at radius 1 is 1.39 bits per heavy atom. The van der Waals surface area contributed by atoms with Gasteiger partial charge < -0.3 is 14.8 Å². The number of nitrogens with zero attached hydrogens (tertiary/aromatic N) is 1. The van der Waals surface area contributed by atoms with Crippen molar-refractivity contribution in [3.63, 3.8) is 0 Å². The molecule has 2 atom stereocenters. The molecule has 0 aromatic heterocycles. The highest BCUT2D eigenvalue weighted by atomic mass is 16.6. The molecule has 3 rings (SSSR count). The molecule has 2 aliphatic heterocycles.